The normalized spacial score (nSPS) is 18.4. The molecule has 150 valence electrons. The fourth-order valence-corrected chi connectivity index (χ4v) is 3.12. The van der Waals surface area contributed by atoms with Crippen molar-refractivity contribution in [2.24, 2.45) is 5.73 Å². The lowest BCUT2D eigenvalue weighted by molar-refractivity contribution is 0.0109. The minimum Gasteiger partial charge on any atom is -0.475 e. The molecule has 10 heteroatoms. The SMILES string of the molecule is NC1(COc2ncc(F)cc2C2(NOC(=O)c3cnn4cccnc34)CC2)CC1. The van der Waals surface area contributed by atoms with E-state index in [1.807, 2.05) is 0 Å². The second kappa shape index (κ2) is 6.46. The number of rotatable bonds is 7. The summed E-state index contributed by atoms with van der Waals surface area (Å²) in [4.78, 5) is 26.1. The van der Waals surface area contributed by atoms with Gasteiger partial charge < -0.3 is 15.3 Å². The van der Waals surface area contributed by atoms with Crippen LogP contribution in [0, 0.1) is 5.82 Å². The van der Waals surface area contributed by atoms with E-state index in [9.17, 15) is 9.18 Å². The van der Waals surface area contributed by atoms with Gasteiger partial charge in [0.25, 0.3) is 0 Å². The predicted molar refractivity (Wildman–Crippen MR) is 98.3 cm³/mol. The van der Waals surface area contributed by atoms with Crippen molar-refractivity contribution in [2.45, 2.75) is 36.8 Å². The Morgan fingerprint density at radius 2 is 2.10 bits per heavy atom. The molecule has 3 N–H and O–H groups in total. The van der Waals surface area contributed by atoms with Gasteiger partial charge in [0.05, 0.1) is 23.5 Å². The molecule has 0 unspecified atom stereocenters. The highest BCUT2D eigenvalue weighted by atomic mass is 19.1. The van der Waals surface area contributed by atoms with Crippen LogP contribution in [0.15, 0.2) is 36.9 Å². The zero-order valence-corrected chi connectivity index (χ0v) is 15.5. The van der Waals surface area contributed by atoms with Gasteiger partial charge in [-0.2, -0.15) is 5.10 Å². The Kier molecular flexibility index (Phi) is 4.00. The lowest BCUT2D eigenvalue weighted by Crippen LogP contribution is -2.34. The average Bonchev–Trinajstić information content (AvgIpc) is 3.63. The number of nitrogens with zero attached hydrogens (tertiary/aromatic N) is 4. The summed E-state index contributed by atoms with van der Waals surface area (Å²) < 4.78 is 21.1. The number of nitrogens with two attached hydrogens (primary N) is 1. The highest BCUT2D eigenvalue weighted by Gasteiger charge is 2.49. The summed E-state index contributed by atoms with van der Waals surface area (Å²) in [5, 5.41) is 4.07. The van der Waals surface area contributed by atoms with E-state index in [0.29, 0.717) is 36.5 Å². The number of ether oxygens (including phenoxy) is 1. The molecular weight excluding hydrogens is 379 g/mol. The smallest absolute Gasteiger partial charge is 0.362 e. The Balaban J connectivity index is 1.34. The van der Waals surface area contributed by atoms with E-state index in [0.717, 1.165) is 19.0 Å². The Bertz CT molecular complexity index is 1090. The van der Waals surface area contributed by atoms with E-state index in [2.05, 4.69) is 20.5 Å². The van der Waals surface area contributed by atoms with Gasteiger partial charge in [0.15, 0.2) is 5.65 Å². The van der Waals surface area contributed by atoms with Gasteiger partial charge in [0.1, 0.15) is 18.0 Å². The molecule has 2 fully saturated rings. The standard InChI is InChI=1S/C19H19FN6O3/c20-12-8-14(16(23-9-12)28-11-18(21)2-3-18)19(4-5-19)25-29-17(27)13-10-24-26-7-1-6-22-15(13)26/h1,6-10,25H,2-5,11,21H2. The van der Waals surface area contributed by atoms with Gasteiger partial charge in [-0.15, -0.1) is 5.48 Å². The van der Waals surface area contributed by atoms with Crippen LogP contribution >= 0.6 is 0 Å². The fraction of sp³-hybridized carbons (Fsp3) is 0.368. The number of halogens is 1. The van der Waals surface area contributed by atoms with E-state index in [1.165, 1.54) is 16.8 Å². The molecule has 0 amide bonds. The Morgan fingerprint density at radius 1 is 1.28 bits per heavy atom. The lowest BCUT2D eigenvalue weighted by Gasteiger charge is -2.20. The minimum atomic E-state index is -0.748. The van der Waals surface area contributed by atoms with E-state index in [-0.39, 0.29) is 11.1 Å². The molecule has 0 radical (unpaired) electrons. The summed E-state index contributed by atoms with van der Waals surface area (Å²) in [6.45, 7) is 0.308. The lowest BCUT2D eigenvalue weighted by atomic mass is 10.1. The average molecular weight is 398 g/mol. The summed E-state index contributed by atoms with van der Waals surface area (Å²) in [6, 6.07) is 3.06. The first-order valence-electron chi connectivity index (χ1n) is 9.33. The summed E-state index contributed by atoms with van der Waals surface area (Å²) in [5.74, 6) is -0.829. The number of fused-ring (bicyclic) bond motifs is 1. The third-order valence-electron chi connectivity index (χ3n) is 5.31. The minimum absolute atomic E-state index is 0.224. The molecule has 0 spiro atoms. The van der Waals surface area contributed by atoms with Crippen LogP contribution in [0.2, 0.25) is 0 Å². The van der Waals surface area contributed by atoms with Crippen molar-refractivity contribution < 1.29 is 18.8 Å². The van der Waals surface area contributed by atoms with Crippen LogP contribution in [0.3, 0.4) is 0 Å². The van der Waals surface area contributed by atoms with Crippen molar-refractivity contribution in [2.75, 3.05) is 6.61 Å². The summed E-state index contributed by atoms with van der Waals surface area (Å²) in [6.07, 6.45) is 8.79. The molecule has 3 aromatic rings. The monoisotopic (exact) mass is 398 g/mol. The van der Waals surface area contributed by atoms with Gasteiger partial charge in [0.2, 0.25) is 5.88 Å². The summed E-state index contributed by atoms with van der Waals surface area (Å²) in [5.41, 5.74) is 8.90. The van der Waals surface area contributed by atoms with Gasteiger partial charge in [-0.3, -0.25) is 0 Å². The third-order valence-corrected chi connectivity index (χ3v) is 5.31. The Hall–Kier alpha value is -3.11. The first-order valence-corrected chi connectivity index (χ1v) is 9.33. The number of pyridine rings is 1. The second-order valence-electron chi connectivity index (χ2n) is 7.68. The zero-order chi connectivity index (χ0) is 20.1. The molecule has 9 nitrogen and oxygen atoms in total. The number of carbonyl (C=O) groups excluding carboxylic acids is 1. The van der Waals surface area contributed by atoms with Crippen molar-refractivity contribution in [1.29, 1.82) is 0 Å². The van der Waals surface area contributed by atoms with Crippen LogP contribution in [0.5, 0.6) is 5.88 Å². The van der Waals surface area contributed by atoms with Crippen LogP contribution in [0.25, 0.3) is 5.65 Å². The predicted octanol–water partition coefficient (Wildman–Crippen LogP) is 1.48. The number of hydroxylamine groups is 1. The van der Waals surface area contributed by atoms with Crippen LogP contribution in [0.1, 0.15) is 41.6 Å². The number of hydrogen-bond donors (Lipinski definition) is 2. The van der Waals surface area contributed by atoms with Crippen molar-refractivity contribution in [1.82, 2.24) is 25.1 Å². The molecule has 2 saturated carbocycles. The number of nitrogens with one attached hydrogen (secondary N) is 1. The maximum Gasteiger partial charge on any atom is 0.362 e. The molecule has 0 aromatic carbocycles. The van der Waals surface area contributed by atoms with Crippen LogP contribution in [-0.2, 0) is 10.4 Å². The number of carbonyl (C=O) groups is 1. The molecule has 2 aliphatic carbocycles. The van der Waals surface area contributed by atoms with Crippen molar-refractivity contribution in [3.05, 3.63) is 53.9 Å². The van der Waals surface area contributed by atoms with Crippen molar-refractivity contribution in [3.8, 4) is 5.88 Å². The molecule has 29 heavy (non-hydrogen) atoms. The third kappa shape index (κ3) is 3.40. The van der Waals surface area contributed by atoms with Gasteiger partial charge in [-0.1, -0.05) is 0 Å². The van der Waals surface area contributed by atoms with E-state index < -0.39 is 17.3 Å². The Morgan fingerprint density at radius 3 is 2.86 bits per heavy atom. The topological polar surface area (TPSA) is 117 Å². The molecule has 5 rings (SSSR count). The largest absolute Gasteiger partial charge is 0.475 e. The number of hydrogen-bond acceptors (Lipinski definition) is 8. The molecule has 0 atom stereocenters. The molecule has 2 aliphatic rings. The maximum absolute atomic E-state index is 13.9. The van der Waals surface area contributed by atoms with Gasteiger partial charge in [0, 0.05) is 18.0 Å². The molecule has 3 aromatic heterocycles. The van der Waals surface area contributed by atoms with E-state index in [1.54, 1.807) is 18.5 Å². The Labute approximate surface area is 165 Å². The molecule has 0 saturated heterocycles. The highest BCUT2D eigenvalue weighted by Crippen LogP contribution is 2.49. The highest BCUT2D eigenvalue weighted by molar-refractivity contribution is 5.95. The summed E-state index contributed by atoms with van der Waals surface area (Å²) >= 11 is 0. The van der Waals surface area contributed by atoms with Gasteiger partial charge >= 0.3 is 5.97 Å². The second-order valence-corrected chi connectivity index (χ2v) is 7.68. The van der Waals surface area contributed by atoms with Crippen LogP contribution in [0.4, 0.5) is 4.39 Å². The molecule has 0 bridgehead atoms. The molecule has 0 aliphatic heterocycles. The first kappa shape index (κ1) is 18.0. The fourth-order valence-electron chi connectivity index (χ4n) is 3.12. The van der Waals surface area contributed by atoms with Crippen LogP contribution < -0.4 is 16.0 Å². The van der Waals surface area contributed by atoms with Crippen molar-refractivity contribution in [3.63, 3.8) is 0 Å². The summed E-state index contributed by atoms with van der Waals surface area (Å²) in [7, 11) is 0. The van der Waals surface area contributed by atoms with E-state index >= 15 is 0 Å². The van der Waals surface area contributed by atoms with Gasteiger partial charge in [-0.25, -0.2) is 23.7 Å². The van der Waals surface area contributed by atoms with Crippen LogP contribution in [-0.4, -0.2) is 37.7 Å². The first-order chi connectivity index (χ1) is 14.0. The zero-order valence-electron chi connectivity index (χ0n) is 15.5. The number of aromatic nitrogens is 4. The van der Waals surface area contributed by atoms with Gasteiger partial charge in [-0.05, 0) is 37.8 Å². The molecular formula is C19H19FN6O3. The quantitative estimate of drug-likeness (QED) is 0.575. The van der Waals surface area contributed by atoms with Crippen molar-refractivity contribution >= 4 is 11.6 Å². The molecule has 3 heterocycles. The maximum atomic E-state index is 13.9. The van der Waals surface area contributed by atoms with E-state index in [4.69, 9.17) is 15.3 Å².